The molecule has 0 radical (unpaired) electrons. The Morgan fingerprint density at radius 1 is 1.53 bits per heavy atom. The zero-order chi connectivity index (χ0) is 10.4. The van der Waals surface area contributed by atoms with E-state index in [2.05, 4.69) is 10.4 Å². The summed E-state index contributed by atoms with van der Waals surface area (Å²) in [7, 11) is 0. The van der Waals surface area contributed by atoms with Gasteiger partial charge in [0.2, 0.25) is 0 Å². The molecule has 5 heteroatoms. The van der Waals surface area contributed by atoms with Gasteiger partial charge in [-0.1, -0.05) is 0 Å². The smallest absolute Gasteiger partial charge is 0.271 e. The van der Waals surface area contributed by atoms with Gasteiger partial charge in [-0.15, -0.1) is 0 Å². The molecule has 5 nitrogen and oxygen atoms in total. The third-order valence-electron chi connectivity index (χ3n) is 3.32. The van der Waals surface area contributed by atoms with Crippen LogP contribution in [-0.2, 0) is 11.3 Å². The van der Waals surface area contributed by atoms with E-state index in [1.54, 1.807) is 4.68 Å². The average Bonchev–Trinajstić information content (AvgIpc) is 2.86. The van der Waals surface area contributed by atoms with Gasteiger partial charge in [-0.05, 0) is 13.3 Å². The van der Waals surface area contributed by atoms with E-state index in [1.165, 1.54) is 0 Å². The second kappa shape index (κ2) is 3.21. The normalized spacial score (nSPS) is 29.7. The van der Waals surface area contributed by atoms with Gasteiger partial charge < -0.3 is 10.1 Å². The van der Waals surface area contributed by atoms with Crippen LogP contribution in [-0.4, -0.2) is 23.0 Å². The summed E-state index contributed by atoms with van der Waals surface area (Å²) >= 11 is 0. The van der Waals surface area contributed by atoms with Crippen LogP contribution in [0.4, 0.5) is 0 Å². The lowest BCUT2D eigenvalue weighted by atomic mass is 10.2. The largest absolute Gasteiger partial charge is 0.379 e. The van der Waals surface area contributed by atoms with Crippen LogP contribution in [0.2, 0.25) is 0 Å². The first-order chi connectivity index (χ1) is 7.27. The summed E-state index contributed by atoms with van der Waals surface area (Å²) in [5.41, 5.74) is 2.07. The molecule has 2 atom stereocenters. The highest BCUT2D eigenvalue weighted by Gasteiger charge is 2.28. The van der Waals surface area contributed by atoms with Gasteiger partial charge in [-0.2, -0.15) is 0 Å². The van der Waals surface area contributed by atoms with Crippen LogP contribution >= 0.6 is 0 Å². The SMILES string of the molecule is CC1NCc2[nH]n(C3CCOC3)c(=O)c21. The summed E-state index contributed by atoms with van der Waals surface area (Å²) in [6.45, 7) is 4.21. The monoisotopic (exact) mass is 209 g/mol. The summed E-state index contributed by atoms with van der Waals surface area (Å²) in [4.78, 5) is 12.1. The molecule has 1 aromatic rings. The van der Waals surface area contributed by atoms with Crippen molar-refractivity contribution in [1.29, 1.82) is 0 Å². The van der Waals surface area contributed by atoms with Crippen molar-refractivity contribution in [1.82, 2.24) is 15.1 Å². The summed E-state index contributed by atoms with van der Waals surface area (Å²) in [5.74, 6) is 0. The van der Waals surface area contributed by atoms with E-state index >= 15 is 0 Å². The second-order valence-corrected chi connectivity index (χ2v) is 4.30. The highest BCUT2D eigenvalue weighted by molar-refractivity contribution is 5.25. The van der Waals surface area contributed by atoms with Crippen LogP contribution in [0.25, 0.3) is 0 Å². The van der Waals surface area contributed by atoms with Crippen LogP contribution in [0, 0.1) is 0 Å². The number of aromatic amines is 1. The van der Waals surface area contributed by atoms with Gasteiger partial charge in [0.25, 0.3) is 5.56 Å². The number of hydrogen-bond donors (Lipinski definition) is 2. The standard InChI is InChI=1S/C10H15N3O2/c1-6-9-8(4-11-6)12-13(10(9)14)7-2-3-15-5-7/h6-7,11-12H,2-5H2,1H3. The Bertz CT molecular complexity index is 428. The number of ether oxygens (including phenoxy) is 1. The van der Waals surface area contributed by atoms with E-state index in [4.69, 9.17) is 4.74 Å². The molecule has 2 N–H and O–H groups in total. The molecule has 2 unspecified atom stereocenters. The molecule has 1 aromatic heterocycles. The van der Waals surface area contributed by atoms with E-state index in [1.807, 2.05) is 6.92 Å². The van der Waals surface area contributed by atoms with E-state index in [9.17, 15) is 4.79 Å². The first-order valence-electron chi connectivity index (χ1n) is 5.42. The summed E-state index contributed by atoms with van der Waals surface area (Å²) in [6, 6.07) is 0.377. The highest BCUT2D eigenvalue weighted by atomic mass is 16.5. The number of fused-ring (bicyclic) bond motifs is 1. The number of nitrogens with zero attached hydrogens (tertiary/aromatic N) is 1. The minimum absolute atomic E-state index is 0.123. The molecule has 0 aromatic carbocycles. The number of H-pyrrole nitrogens is 1. The minimum atomic E-state index is 0.123. The van der Waals surface area contributed by atoms with Crippen LogP contribution in [0.1, 0.15) is 36.7 Å². The predicted molar refractivity (Wildman–Crippen MR) is 54.8 cm³/mol. The minimum Gasteiger partial charge on any atom is -0.379 e. The molecule has 3 rings (SSSR count). The molecule has 1 saturated heterocycles. The Morgan fingerprint density at radius 2 is 2.40 bits per heavy atom. The molecule has 1 fully saturated rings. The fraction of sp³-hybridized carbons (Fsp3) is 0.700. The fourth-order valence-electron chi connectivity index (χ4n) is 2.44. The van der Waals surface area contributed by atoms with Crippen LogP contribution in [0.3, 0.4) is 0 Å². The summed E-state index contributed by atoms with van der Waals surface area (Å²) in [6.07, 6.45) is 0.932. The maximum atomic E-state index is 12.1. The molecule has 3 heterocycles. The van der Waals surface area contributed by atoms with Crippen molar-refractivity contribution in [2.75, 3.05) is 13.2 Å². The summed E-state index contributed by atoms with van der Waals surface area (Å²) in [5, 5.41) is 6.44. The van der Waals surface area contributed by atoms with Crippen molar-refractivity contribution in [2.45, 2.75) is 32.0 Å². The Balaban J connectivity index is 2.04. The average molecular weight is 209 g/mol. The molecule has 0 amide bonds. The van der Waals surface area contributed by atoms with Crippen molar-refractivity contribution in [3.8, 4) is 0 Å². The number of hydrogen-bond acceptors (Lipinski definition) is 3. The molecule has 0 bridgehead atoms. The molecular weight excluding hydrogens is 194 g/mol. The van der Waals surface area contributed by atoms with Crippen LogP contribution in [0.5, 0.6) is 0 Å². The Kier molecular flexibility index (Phi) is 1.97. The van der Waals surface area contributed by atoms with Gasteiger partial charge in [0, 0.05) is 19.2 Å². The van der Waals surface area contributed by atoms with Gasteiger partial charge >= 0.3 is 0 Å². The van der Waals surface area contributed by atoms with E-state index in [0.29, 0.717) is 6.61 Å². The molecule has 2 aliphatic heterocycles. The first-order valence-corrected chi connectivity index (χ1v) is 5.42. The zero-order valence-electron chi connectivity index (χ0n) is 8.75. The molecule has 2 aliphatic rings. The van der Waals surface area contributed by atoms with Crippen molar-refractivity contribution in [2.24, 2.45) is 0 Å². The van der Waals surface area contributed by atoms with Gasteiger partial charge in [0.1, 0.15) is 0 Å². The number of nitrogens with one attached hydrogen (secondary N) is 2. The summed E-state index contributed by atoms with van der Waals surface area (Å²) < 4.78 is 7.04. The maximum absolute atomic E-state index is 12.1. The Hall–Kier alpha value is -1.07. The van der Waals surface area contributed by atoms with Gasteiger partial charge in [0.05, 0.1) is 23.9 Å². The molecule has 0 saturated carbocycles. The lowest BCUT2D eigenvalue weighted by Crippen LogP contribution is -2.27. The molecule has 0 spiro atoms. The lowest BCUT2D eigenvalue weighted by Gasteiger charge is -2.09. The molecule has 82 valence electrons. The number of aromatic nitrogens is 2. The zero-order valence-corrected chi connectivity index (χ0v) is 8.75. The number of rotatable bonds is 1. The van der Waals surface area contributed by atoms with Gasteiger partial charge in [0.15, 0.2) is 0 Å². The molecule has 0 aliphatic carbocycles. The quantitative estimate of drug-likeness (QED) is 0.699. The molecular formula is C10H15N3O2. The van der Waals surface area contributed by atoms with Gasteiger partial charge in [-0.3, -0.25) is 9.89 Å². The molecule has 15 heavy (non-hydrogen) atoms. The fourth-order valence-corrected chi connectivity index (χ4v) is 2.44. The van der Waals surface area contributed by atoms with E-state index < -0.39 is 0 Å². The van der Waals surface area contributed by atoms with E-state index in [0.717, 1.165) is 30.8 Å². The van der Waals surface area contributed by atoms with Crippen molar-refractivity contribution < 1.29 is 4.74 Å². The third-order valence-corrected chi connectivity index (χ3v) is 3.32. The van der Waals surface area contributed by atoms with Crippen LogP contribution < -0.4 is 10.9 Å². The Labute approximate surface area is 87.4 Å². The van der Waals surface area contributed by atoms with Gasteiger partial charge in [-0.25, -0.2) is 4.68 Å². The van der Waals surface area contributed by atoms with Crippen molar-refractivity contribution in [3.63, 3.8) is 0 Å². The lowest BCUT2D eigenvalue weighted by molar-refractivity contribution is 0.183. The van der Waals surface area contributed by atoms with Crippen molar-refractivity contribution in [3.05, 3.63) is 21.6 Å². The highest BCUT2D eigenvalue weighted by Crippen LogP contribution is 2.23. The third kappa shape index (κ3) is 1.27. The van der Waals surface area contributed by atoms with E-state index in [-0.39, 0.29) is 17.6 Å². The Morgan fingerprint density at radius 3 is 3.07 bits per heavy atom. The predicted octanol–water partition coefficient (Wildman–Crippen LogP) is 0.302. The maximum Gasteiger partial charge on any atom is 0.271 e. The second-order valence-electron chi connectivity index (χ2n) is 4.30. The van der Waals surface area contributed by atoms with Crippen LogP contribution in [0.15, 0.2) is 4.79 Å². The first kappa shape index (κ1) is 9.18. The topological polar surface area (TPSA) is 59.1 Å². The van der Waals surface area contributed by atoms with Crippen molar-refractivity contribution >= 4 is 0 Å².